The van der Waals surface area contributed by atoms with Crippen LogP contribution >= 0.6 is 0 Å². The number of hydrogen-bond donors (Lipinski definition) is 1. The molecule has 2 N–H and O–H groups in total. The van der Waals surface area contributed by atoms with Crippen LogP contribution in [0.5, 0.6) is 5.75 Å². The Morgan fingerprint density at radius 2 is 1.72 bits per heavy atom. The first-order valence-corrected chi connectivity index (χ1v) is 12.7. The number of benzene rings is 2. The van der Waals surface area contributed by atoms with E-state index in [1.807, 2.05) is 24.3 Å². The highest BCUT2D eigenvalue weighted by Crippen LogP contribution is 2.29. The molecule has 0 aliphatic carbocycles. The molecule has 200 valence electrons. The smallest absolute Gasteiger partial charge is 0.223 e. The number of furan rings is 1. The lowest BCUT2D eigenvalue weighted by molar-refractivity contribution is 0.144. The van der Waals surface area contributed by atoms with Gasteiger partial charge < -0.3 is 29.4 Å². The van der Waals surface area contributed by atoms with Crippen LogP contribution in [-0.2, 0) is 4.74 Å². The van der Waals surface area contributed by atoms with Gasteiger partial charge in [0.05, 0.1) is 18.6 Å². The Morgan fingerprint density at radius 3 is 2.44 bits per heavy atom. The predicted molar refractivity (Wildman–Crippen MR) is 147 cm³/mol. The molecule has 0 unspecified atom stereocenters. The van der Waals surface area contributed by atoms with Crippen LogP contribution in [0, 0.1) is 5.82 Å². The number of methoxy groups -OCH3 is 1. The maximum absolute atomic E-state index is 14.5. The fourth-order valence-corrected chi connectivity index (χ4v) is 4.69. The predicted octanol–water partition coefficient (Wildman–Crippen LogP) is 4.12. The number of nitrogens with two attached hydrogens (primary N) is 1. The van der Waals surface area contributed by atoms with Crippen LogP contribution in [0.4, 0.5) is 21.7 Å². The average Bonchev–Trinajstić information content (AvgIpc) is 3.65. The molecule has 4 heterocycles. The van der Waals surface area contributed by atoms with Crippen molar-refractivity contribution in [1.29, 1.82) is 0 Å². The number of fused-ring (bicyclic) bond motifs is 1. The summed E-state index contributed by atoms with van der Waals surface area (Å²) in [5.74, 6) is 1.13. The van der Waals surface area contributed by atoms with Crippen LogP contribution in [-0.4, -0.2) is 66.1 Å². The Morgan fingerprint density at radius 1 is 0.923 bits per heavy atom. The van der Waals surface area contributed by atoms with Gasteiger partial charge in [-0.05, 0) is 36.4 Å². The first-order chi connectivity index (χ1) is 19.1. The number of nitrogen functional groups attached to an aromatic ring is 1. The van der Waals surface area contributed by atoms with E-state index < -0.39 is 0 Å². The summed E-state index contributed by atoms with van der Waals surface area (Å²) in [6, 6.07) is 18.8. The summed E-state index contributed by atoms with van der Waals surface area (Å²) in [5.41, 5.74) is 10.4. The van der Waals surface area contributed by atoms with Gasteiger partial charge in [0.2, 0.25) is 11.8 Å². The van der Waals surface area contributed by atoms with Gasteiger partial charge in [-0.1, -0.05) is 12.1 Å². The third-order valence-corrected chi connectivity index (χ3v) is 6.70. The monoisotopic (exact) mass is 529 g/mol. The van der Waals surface area contributed by atoms with Crippen molar-refractivity contribution >= 4 is 23.0 Å². The second-order valence-electron chi connectivity index (χ2n) is 9.16. The molecule has 1 saturated heterocycles. The van der Waals surface area contributed by atoms with Crippen LogP contribution in [0.3, 0.4) is 0 Å². The molecular weight excluding hydrogens is 501 g/mol. The number of nitrogens with zero attached hydrogens (tertiary/aromatic N) is 6. The molecule has 39 heavy (non-hydrogen) atoms. The Balaban J connectivity index is 1.16. The van der Waals surface area contributed by atoms with Crippen molar-refractivity contribution in [3.63, 3.8) is 0 Å². The molecule has 3 aromatic heterocycles. The van der Waals surface area contributed by atoms with E-state index in [1.165, 1.54) is 10.6 Å². The number of aromatic nitrogens is 4. The zero-order valence-corrected chi connectivity index (χ0v) is 21.5. The van der Waals surface area contributed by atoms with Gasteiger partial charge in [0, 0.05) is 62.4 Å². The third-order valence-electron chi connectivity index (χ3n) is 6.70. The van der Waals surface area contributed by atoms with Crippen LogP contribution in [0.2, 0.25) is 0 Å². The minimum atomic E-state index is -0.369. The van der Waals surface area contributed by atoms with Crippen molar-refractivity contribution in [1.82, 2.24) is 19.6 Å². The van der Waals surface area contributed by atoms with Gasteiger partial charge in [0.1, 0.15) is 6.61 Å². The molecule has 10 nitrogen and oxygen atoms in total. The maximum Gasteiger partial charge on any atom is 0.223 e. The highest BCUT2D eigenvalue weighted by Gasteiger charge is 2.20. The highest BCUT2D eigenvalue weighted by atomic mass is 19.1. The van der Waals surface area contributed by atoms with E-state index >= 15 is 0 Å². The van der Waals surface area contributed by atoms with Crippen molar-refractivity contribution in [2.45, 2.75) is 0 Å². The summed E-state index contributed by atoms with van der Waals surface area (Å²) in [4.78, 5) is 13.6. The molecule has 0 radical (unpaired) electrons. The first kappa shape index (κ1) is 24.7. The molecule has 0 bridgehead atoms. The first-order valence-electron chi connectivity index (χ1n) is 12.7. The summed E-state index contributed by atoms with van der Waals surface area (Å²) in [6.07, 6.45) is 1.58. The van der Waals surface area contributed by atoms with E-state index in [0.717, 1.165) is 43.1 Å². The summed E-state index contributed by atoms with van der Waals surface area (Å²) in [7, 11) is 1.59. The van der Waals surface area contributed by atoms with Gasteiger partial charge in [0.15, 0.2) is 23.0 Å². The topological polar surface area (TPSA) is 107 Å². The van der Waals surface area contributed by atoms with Gasteiger partial charge in [-0.2, -0.15) is 4.52 Å². The fraction of sp³-hybridized carbons (Fsp3) is 0.250. The maximum atomic E-state index is 14.5. The molecular formula is C28H28FN7O3. The Kier molecular flexibility index (Phi) is 6.72. The van der Waals surface area contributed by atoms with Crippen LogP contribution in [0.15, 0.2) is 71.3 Å². The lowest BCUT2D eigenvalue weighted by atomic mass is 10.1. The zero-order chi connectivity index (χ0) is 26.8. The Labute approximate surface area is 224 Å². The van der Waals surface area contributed by atoms with E-state index in [4.69, 9.17) is 19.6 Å². The molecule has 0 atom stereocenters. The molecule has 0 saturated carbocycles. The van der Waals surface area contributed by atoms with E-state index in [1.54, 1.807) is 31.6 Å². The molecule has 1 aliphatic heterocycles. The summed E-state index contributed by atoms with van der Waals surface area (Å²) in [5, 5.41) is 4.42. The number of halogens is 1. The second kappa shape index (κ2) is 10.6. The van der Waals surface area contributed by atoms with Crippen molar-refractivity contribution in [3.8, 4) is 28.6 Å². The minimum Gasteiger partial charge on any atom is -0.488 e. The highest BCUT2D eigenvalue weighted by molar-refractivity contribution is 5.70. The van der Waals surface area contributed by atoms with E-state index in [-0.39, 0.29) is 17.5 Å². The van der Waals surface area contributed by atoms with E-state index in [0.29, 0.717) is 36.1 Å². The number of anilines is 3. The van der Waals surface area contributed by atoms with Crippen molar-refractivity contribution in [2.24, 2.45) is 0 Å². The molecule has 1 aliphatic rings. The Hall–Kier alpha value is -4.64. The lowest BCUT2D eigenvalue weighted by Crippen LogP contribution is -2.46. The molecule has 5 aromatic rings. The number of rotatable bonds is 8. The fourth-order valence-electron chi connectivity index (χ4n) is 4.69. The molecule has 1 fully saturated rings. The van der Waals surface area contributed by atoms with Crippen LogP contribution in [0.1, 0.15) is 0 Å². The van der Waals surface area contributed by atoms with Crippen molar-refractivity contribution in [3.05, 3.63) is 72.7 Å². The lowest BCUT2D eigenvalue weighted by Gasteiger charge is -2.37. The molecule has 2 aromatic carbocycles. The Bertz CT molecular complexity index is 1580. The second-order valence-corrected chi connectivity index (χ2v) is 9.16. The van der Waals surface area contributed by atoms with Gasteiger partial charge in [-0.15, -0.1) is 5.10 Å². The van der Waals surface area contributed by atoms with Gasteiger partial charge in [0.25, 0.3) is 0 Å². The SMILES string of the molecule is COCCOc1ccc(N2CCN(c3cccc(-c4cc5nc(-c6ccco6)nn5c(N)n4)c3)CC2)cc1F. The number of hydrogen-bond acceptors (Lipinski definition) is 9. The summed E-state index contributed by atoms with van der Waals surface area (Å²) >= 11 is 0. The van der Waals surface area contributed by atoms with Gasteiger partial charge >= 0.3 is 0 Å². The van der Waals surface area contributed by atoms with Crippen LogP contribution < -0.4 is 20.3 Å². The van der Waals surface area contributed by atoms with E-state index in [2.05, 4.69) is 37.0 Å². The molecule has 11 heteroatoms. The quantitative estimate of drug-likeness (QED) is 0.297. The summed E-state index contributed by atoms with van der Waals surface area (Å²) in [6.45, 7) is 3.84. The van der Waals surface area contributed by atoms with Crippen molar-refractivity contribution in [2.75, 3.05) is 62.0 Å². The normalized spacial score (nSPS) is 13.8. The number of piperazine rings is 1. The van der Waals surface area contributed by atoms with Crippen molar-refractivity contribution < 1.29 is 18.3 Å². The average molecular weight is 530 g/mol. The standard InChI is InChI=1S/C28H28FN7O3/c1-37-14-15-39-24-8-7-21(17-22(24)29)35-11-9-34(10-12-35)20-5-2-4-19(16-20)23-18-26-32-27(25-6-3-13-38-25)33-36(26)28(30)31-23/h2-8,13,16-18H,9-12,14-15H2,1H3,(H2,30,31). The number of ether oxygens (including phenoxy) is 2. The zero-order valence-electron chi connectivity index (χ0n) is 21.5. The third kappa shape index (κ3) is 5.08. The van der Waals surface area contributed by atoms with Gasteiger partial charge in [-0.3, -0.25) is 0 Å². The molecule has 6 rings (SSSR count). The largest absolute Gasteiger partial charge is 0.488 e. The molecule has 0 spiro atoms. The molecule has 0 amide bonds. The van der Waals surface area contributed by atoms with Gasteiger partial charge in [-0.25, -0.2) is 14.4 Å². The van der Waals surface area contributed by atoms with Crippen LogP contribution in [0.25, 0.3) is 28.5 Å². The van der Waals surface area contributed by atoms with E-state index in [9.17, 15) is 4.39 Å². The minimum absolute atomic E-state index is 0.238. The summed E-state index contributed by atoms with van der Waals surface area (Å²) < 4.78 is 31.9.